The Labute approximate surface area is 249 Å². The fourth-order valence-corrected chi connectivity index (χ4v) is 5.95. The minimum absolute atomic E-state index is 0.0233. The number of aryl methyl sites for hydroxylation is 1. The van der Waals surface area contributed by atoms with Gasteiger partial charge in [-0.05, 0) is 55.7 Å². The van der Waals surface area contributed by atoms with Crippen LogP contribution in [0.3, 0.4) is 0 Å². The minimum Gasteiger partial charge on any atom is -0.354 e. The first kappa shape index (κ1) is 32.9. The van der Waals surface area contributed by atoms with Crippen LogP contribution in [-0.4, -0.2) is 44.3 Å². The number of carbonyl (C=O) groups is 2. The lowest BCUT2D eigenvalue weighted by molar-refractivity contribution is -0.140. The fourth-order valence-electron chi connectivity index (χ4n) is 4.32. The molecule has 0 spiro atoms. The van der Waals surface area contributed by atoms with Crippen molar-refractivity contribution < 1.29 is 31.2 Å². The molecule has 1 N–H and O–H groups in total. The first-order chi connectivity index (χ1) is 19.8. The summed E-state index contributed by atoms with van der Waals surface area (Å²) < 4.78 is 69.7. The Morgan fingerprint density at radius 1 is 0.976 bits per heavy atom. The second-order valence-corrected chi connectivity index (χ2v) is 12.0. The minimum atomic E-state index is -4.87. The van der Waals surface area contributed by atoms with Crippen molar-refractivity contribution in [2.45, 2.75) is 57.3 Å². The van der Waals surface area contributed by atoms with Gasteiger partial charge in [-0.25, -0.2) is 8.42 Å². The van der Waals surface area contributed by atoms with Crippen LogP contribution in [0.25, 0.3) is 0 Å². The number of sulfonamides is 1. The molecule has 0 aliphatic rings. The van der Waals surface area contributed by atoms with E-state index in [1.165, 1.54) is 17.0 Å². The Balaban J connectivity index is 2.13. The molecule has 3 aromatic rings. The van der Waals surface area contributed by atoms with Crippen molar-refractivity contribution >= 4 is 39.1 Å². The van der Waals surface area contributed by atoms with Gasteiger partial charge in [0.2, 0.25) is 11.8 Å². The number of halogens is 4. The lowest BCUT2D eigenvalue weighted by atomic mass is 10.1. The van der Waals surface area contributed by atoms with E-state index in [1.54, 1.807) is 56.3 Å². The van der Waals surface area contributed by atoms with Gasteiger partial charge in [-0.2, -0.15) is 13.2 Å². The van der Waals surface area contributed by atoms with Gasteiger partial charge in [-0.15, -0.1) is 0 Å². The summed E-state index contributed by atoms with van der Waals surface area (Å²) in [6.07, 6.45) is -3.99. The van der Waals surface area contributed by atoms with Crippen LogP contribution >= 0.6 is 11.6 Å². The Bertz CT molecular complexity index is 1480. The third kappa shape index (κ3) is 8.04. The quantitative estimate of drug-likeness (QED) is 0.260. The molecule has 3 aromatic carbocycles. The highest BCUT2D eigenvalue weighted by molar-refractivity contribution is 7.92. The van der Waals surface area contributed by atoms with Crippen molar-refractivity contribution in [2.75, 3.05) is 17.4 Å². The number of nitrogens with one attached hydrogen (secondary N) is 1. The Hall–Kier alpha value is -3.57. The van der Waals surface area contributed by atoms with Crippen LogP contribution in [0, 0.1) is 6.92 Å². The molecule has 12 heteroatoms. The first-order valence-corrected chi connectivity index (χ1v) is 15.2. The molecule has 226 valence electrons. The number of alkyl halides is 3. The summed E-state index contributed by atoms with van der Waals surface area (Å²) in [4.78, 5) is 28.1. The van der Waals surface area contributed by atoms with Crippen molar-refractivity contribution in [1.29, 1.82) is 0 Å². The number of hydrogen-bond donors (Lipinski definition) is 1. The van der Waals surface area contributed by atoms with Gasteiger partial charge >= 0.3 is 6.18 Å². The fraction of sp³-hybridized carbons (Fsp3) is 0.333. The van der Waals surface area contributed by atoms with Gasteiger partial charge < -0.3 is 10.2 Å². The Morgan fingerprint density at radius 3 is 2.19 bits per heavy atom. The maximum Gasteiger partial charge on any atom is 0.417 e. The molecule has 1 atom stereocenters. The summed E-state index contributed by atoms with van der Waals surface area (Å²) >= 11 is 5.81. The monoisotopic (exact) mass is 623 g/mol. The highest BCUT2D eigenvalue weighted by atomic mass is 35.5. The summed E-state index contributed by atoms with van der Waals surface area (Å²) in [5.74, 6) is -1.18. The maximum absolute atomic E-state index is 14.0. The van der Waals surface area contributed by atoms with Crippen molar-refractivity contribution in [3.05, 3.63) is 94.5 Å². The van der Waals surface area contributed by atoms with E-state index in [0.29, 0.717) is 28.9 Å². The zero-order valence-electron chi connectivity index (χ0n) is 23.5. The molecule has 0 heterocycles. The molecular formula is C30H33ClF3N3O4S. The van der Waals surface area contributed by atoms with Gasteiger partial charge in [-0.1, -0.05) is 73.5 Å². The highest BCUT2D eigenvalue weighted by Crippen LogP contribution is 2.38. The van der Waals surface area contributed by atoms with Crippen LogP contribution in [0.15, 0.2) is 77.7 Å². The van der Waals surface area contributed by atoms with E-state index >= 15 is 0 Å². The number of nitrogens with zero attached hydrogens (tertiary/aromatic N) is 2. The number of anilines is 1. The lowest BCUT2D eigenvalue weighted by Crippen LogP contribution is -2.52. The average Bonchev–Trinajstić information content (AvgIpc) is 2.95. The summed E-state index contributed by atoms with van der Waals surface area (Å²) in [7, 11) is -4.54. The van der Waals surface area contributed by atoms with E-state index in [1.807, 2.05) is 6.92 Å². The SMILES string of the molecule is CCCNC(=O)C(CC)N(Cc1ccccc1)C(=O)CN(c1ccc(Cl)c(C(F)(F)F)c1)S(=O)(=O)c1ccc(C)cc1. The standard InChI is InChI=1S/C30H33ClF3N3O4S/c1-4-17-35-29(39)27(5-2)36(19-22-9-7-6-8-10-22)28(38)20-37(42(40,41)24-14-11-21(3)12-15-24)23-13-16-26(31)25(18-23)30(32,33)34/h6-16,18,27H,4-5,17,19-20H2,1-3H3,(H,35,39). The maximum atomic E-state index is 14.0. The summed E-state index contributed by atoms with van der Waals surface area (Å²) in [6.45, 7) is 4.84. The van der Waals surface area contributed by atoms with Crippen LogP contribution in [0.5, 0.6) is 0 Å². The van der Waals surface area contributed by atoms with E-state index in [-0.39, 0.29) is 17.9 Å². The molecule has 0 radical (unpaired) electrons. The molecule has 0 bridgehead atoms. The van der Waals surface area contributed by atoms with Gasteiger partial charge in [0.05, 0.1) is 21.2 Å². The van der Waals surface area contributed by atoms with E-state index < -0.39 is 56.9 Å². The van der Waals surface area contributed by atoms with Crippen LogP contribution in [-0.2, 0) is 32.3 Å². The Morgan fingerprint density at radius 2 is 1.62 bits per heavy atom. The predicted octanol–water partition coefficient (Wildman–Crippen LogP) is 6.20. The van der Waals surface area contributed by atoms with Crippen molar-refractivity contribution in [2.24, 2.45) is 0 Å². The van der Waals surface area contributed by atoms with Crippen molar-refractivity contribution in [3.8, 4) is 0 Å². The molecule has 3 rings (SSSR count). The van der Waals surface area contributed by atoms with Crippen LogP contribution in [0.4, 0.5) is 18.9 Å². The second-order valence-electron chi connectivity index (χ2n) is 9.71. The molecule has 0 saturated heterocycles. The van der Waals surface area contributed by atoms with E-state index in [2.05, 4.69) is 5.32 Å². The second kappa shape index (κ2) is 14.1. The van der Waals surface area contributed by atoms with Crippen molar-refractivity contribution in [3.63, 3.8) is 0 Å². The summed E-state index contributed by atoms with van der Waals surface area (Å²) in [5, 5.41) is 2.16. The molecule has 0 aliphatic heterocycles. The van der Waals surface area contributed by atoms with Crippen LogP contribution in [0.1, 0.15) is 43.4 Å². The van der Waals surface area contributed by atoms with Gasteiger partial charge in [0, 0.05) is 13.1 Å². The number of rotatable bonds is 12. The van der Waals surface area contributed by atoms with Gasteiger partial charge in [-0.3, -0.25) is 13.9 Å². The highest BCUT2D eigenvalue weighted by Gasteiger charge is 2.37. The van der Waals surface area contributed by atoms with Crippen molar-refractivity contribution in [1.82, 2.24) is 10.2 Å². The zero-order valence-corrected chi connectivity index (χ0v) is 25.1. The molecule has 0 saturated carbocycles. The Kier molecular flexibility index (Phi) is 11.0. The van der Waals surface area contributed by atoms with E-state index in [9.17, 15) is 31.2 Å². The average molecular weight is 624 g/mol. The molecule has 1 unspecified atom stereocenters. The third-order valence-electron chi connectivity index (χ3n) is 6.56. The molecule has 0 aromatic heterocycles. The number of benzene rings is 3. The lowest BCUT2D eigenvalue weighted by Gasteiger charge is -2.33. The summed E-state index contributed by atoms with van der Waals surface area (Å²) in [6, 6.07) is 16.3. The normalized spacial score (nSPS) is 12.5. The molecule has 7 nitrogen and oxygen atoms in total. The predicted molar refractivity (Wildman–Crippen MR) is 157 cm³/mol. The third-order valence-corrected chi connectivity index (χ3v) is 8.68. The van der Waals surface area contributed by atoms with Gasteiger partial charge in [0.25, 0.3) is 10.0 Å². The van der Waals surface area contributed by atoms with Gasteiger partial charge in [0.15, 0.2) is 0 Å². The summed E-state index contributed by atoms with van der Waals surface area (Å²) in [5.41, 5.74) is -0.194. The smallest absolute Gasteiger partial charge is 0.354 e. The molecule has 0 fully saturated rings. The number of carbonyl (C=O) groups excluding carboxylic acids is 2. The number of amides is 2. The van der Waals surface area contributed by atoms with Gasteiger partial charge in [0.1, 0.15) is 12.6 Å². The molecular weight excluding hydrogens is 591 g/mol. The van der Waals surface area contributed by atoms with Crippen LogP contribution in [0.2, 0.25) is 5.02 Å². The van der Waals surface area contributed by atoms with Crippen LogP contribution < -0.4 is 9.62 Å². The first-order valence-electron chi connectivity index (χ1n) is 13.4. The molecule has 2 amide bonds. The zero-order chi connectivity index (χ0) is 31.1. The largest absolute Gasteiger partial charge is 0.417 e. The molecule has 0 aliphatic carbocycles. The van der Waals surface area contributed by atoms with E-state index in [4.69, 9.17) is 11.6 Å². The molecule has 42 heavy (non-hydrogen) atoms. The number of hydrogen-bond acceptors (Lipinski definition) is 4. The van der Waals surface area contributed by atoms with E-state index in [0.717, 1.165) is 17.7 Å². The topological polar surface area (TPSA) is 86.8 Å².